The monoisotopic (exact) mass is 243 g/mol. The van der Waals surface area contributed by atoms with E-state index in [0.717, 1.165) is 18.0 Å². The molecule has 2 unspecified atom stereocenters. The van der Waals surface area contributed by atoms with Crippen LogP contribution in [0.3, 0.4) is 0 Å². The maximum atomic E-state index is 12.9. The van der Waals surface area contributed by atoms with Crippen LogP contribution in [-0.4, -0.2) is 6.04 Å². The molecular weight excluding hydrogens is 225 g/mol. The predicted octanol–water partition coefficient (Wildman–Crippen LogP) is 3.53. The highest BCUT2D eigenvalue weighted by Gasteiger charge is 2.35. The lowest BCUT2D eigenvalue weighted by Gasteiger charge is -2.04. The van der Waals surface area contributed by atoms with E-state index in [-0.39, 0.29) is 18.2 Å². The van der Waals surface area contributed by atoms with E-state index >= 15 is 0 Å². The average molecular weight is 244 g/mol. The summed E-state index contributed by atoms with van der Waals surface area (Å²) >= 11 is 0. The molecule has 2 rings (SSSR count). The van der Waals surface area contributed by atoms with E-state index in [4.69, 9.17) is 0 Å². The summed E-state index contributed by atoms with van der Waals surface area (Å²) in [5, 5.41) is 3.47. The summed E-state index contributed by atoms with van der Waals surface area (Å²) in [4.78, 5) is 0. The number of nitrogens with one attached hydrogen (secondary N) is 1. The molecule has 1 N–H and O–H groups in total. The van der Waals surface area contributed by atoms with Gasteiger partial charge in [-0.05, 0) is 36.5 Å². The van der Waals surface area contributed by atoms with Crippen molar-refractivity contribution in [2.75, 3.05) is 0 Å². The second kappa shape index (κ2) is 6.21. The molecule has 1 nitrogen and oxygen atoms in total. The molecule has 0 radical (unpaired) electrons. The van der Waals surface area contributed by atoms with Crippen LogP contribution in [0.5, 0.6) is 0 Å². The van der Waals surface area contributed by atoms with Crippen molar-refractivity contribution in [2.24, 2.45) is 5.92 Å². The van der Waals surface area contributed by atoms with Gasteiger partial charge in [0.15, 0.2) is 0 Å². The fourth-order valence-electron chi connectivity index (χ4n) is 2.08. The molecule has 2 atom stereocenters. The molecule has 0 aliphatic heterocycles. The largest absolute Gasteiger partial charge is 0.310 e. The molecule has 3 heteroatoms. The van der Waals surface area contributed by atoms with Crippen LogP contribution in [0.4, 0.5) is 4.39 Å². The second-order valence-electron chi connectivity index (χ2n) is 4.40. The van der Waals surface area contributed by atoms with Gasteiger partial charge in [0.05, 0.1) is 0 Å². The highest BCUT2D eigenvalue weighted by molar-refractivity contribution is 5.85. The number of rotatable bonds is 5. The van der Waals surface area contributed by atoms with E-state index in [1.807, 2.05) is 6.07 Å². The molecule has 16 heavy (non-hydrogen) atoms. The Balaban J connectivity index is 0.00000128. The van der Waals surface area contributed by atoms with Gasteiger partial charge in [-0.3, -0.25) is 0 Å². The quantitative estimate of drug-likeness (QED) is 0.834. The Labute approximate surface area is 103 Å². The number of hydrogen-bond acceptors (Lipinski definition) is 1. The molecule has 1 saturated carbocycles. The molecule has 0 aromatic heterocycles. The van der Waals surface area contributed by atoms with Gasteiger partial charge in [-0.2, -0.15) is 0 Å². The van der Waals surface area contributed by atoms with Crippen molar-refractivity contribution in [3.8, 4) is 0 Å². The first kappa shape index (κ1) is 13.5. The Morgan fingerprint density at radius 2 is 2.25 bits per heavy atom. The molecule has 0 saturated heterocycles. The molecule has 1 aromatic rings. The zero-order valence-corrected chi connectivity index (χ0v) is 10.4. The van der Waals surface area contributed by atoms with E-state index in [2.05, 4.69) is 12.2 Å². The van der Waals surface area contributed by atoms with Crippen molar-refractivity contribution in [1.82, 2.24) is 5.32 Å². The minimum atomic E-state index is -0.143. The molecular formula is C13H19ClFN. The summed E-state index contributed by atoms with van der Waals surface area (Å²) in [6.07, 6.45) is 3.88. The summed E-state index contributed by atoms with van der Waals surface area (Å²) in [7, 11) is 0. The smallest absolute Gasteiger partial charge is 0.123 e. The van der Waals surface area contributed by atoms with Crippen molar-refractivity contribution >= 4 is 12.4 Å². The Bertz CT molecular complexity index is 329. The number of halogens is 2. The molecule has 0 bridgehead atoms. The maximum Gasteiger partial charge on any atom is 0.123 e. The molecule has 0 heterocycles. The molecule has 0 spiro atoms. The SMILES string of the molecule is CCCC1CC1NCc1cccc(F)c1.Cl. The minimum Gasteiger partial charge on any atom is -0.310 e. The number of benzene rings is 1. The van der Waals surface area contributed by atoms with Crippen molar-refractivity contribution in [1.29, 1.82) is 0 Å². The van der Waals surface area contributed by atoms with E-state index in [1.165, 1.54) is 25.3 Å². The molecule has 90 valence electrons. The van der Waals surface area contributed by atoms with Gasteiger partial charge in [0.2, 0.25) is 0 Å². The van der Waals surface area contributed by atoms with E-state index < -0.39 is 0 Å². The lowest BCUT2D eigenvalue weighted by molar-refractivity contribution is 0.592. The highest BCUT2D eigenvalue weighted by atomic mass is 35.5. The van der Waals surface area contributed by atoms with E-state index in [0.29, 0.717) is 6.04 Å². The topological polar surface area (TPSA) is 12.0 Å². The summed E-state index contributed by atoms with van der Waals surface area (Å²) in [5.74, 6) is 0.721. The van der Waals surface area contributed by atoms with Crippen molar-refractivity contribution in [3.05, 3.63) is 35.6 Å². The summed E-state index contributed by atoms with van der Waals surface area (Å²) < 4.78 is 12.9. The Hall–Kier alpha value is -0.600. The average Bonchev–Trinajstić information content (AvgIpc) is 2.95. The first-order chi connectivity index (χ1) is 7.29. The van der Waals surface area contributed by atoms with Crippen molar-refractivity contribution < 1.29 is 4.39 Å². The van der Waals surface area contributed by atoms with Gasteiger partial charge in [-0.25, -0.2) is 4.39 Å². The van der Waals surface area contributed by atoms with Gasteiger partial charge < -0.3 is 5.32 Å². The van der Waals surface area contributed by atoms with Gasteiger partial charge in [0, 0.05) is 12.6 Å². The number of hydrogen-bond donors (Lipinski definition) is 1. The fraction of sp³-hybridized carbons (Fsp3) is 0.538. The Kier molecular flexibility index (Phi) is 5.23. The standard InChI is InChI=1S/C13H18FN.ClH/c1-2-4-11-8-13(11)15-9-10-5-3-6-12(14)7-10;/h3,5-7,11,13,15H,2,4,8-9H2,1H3;1H. The predicted molar refractivity (Wildman–Crippen MR) is 67.3 cm³/mol. The van der Waals surface area contributed by atoms with Crippen LogP contribution in [0, 0.1) is 11.7 Å². The van der Waals surface area contributed by atoms with Crippen LogP contribution in [-0.2, 0) is 6.54 Å². The van der Waals surface area contributed by atoms with Crippen LogP contribution in [0.2, 0.25) is 0 Å². The minimum absolute atomic E-state index is 0. The first-order valence-electron chi connectivity index (χ1n) is 5.77. The van der Waals surface area contributed by atoms with Crippen LogP contribution in [0.25, 0.3) is 0 Å². The maximum absolute atomic E-state index is 12.9. The Morgan fingerprint density at radius 1 is 1.44 bits per heavy atom. The molecule has 1 aliphatic rings. The third-order valence-electron chi connectivity index (χ3n) is 3.04. The summed E-state index contributed by atoms with van der Waals surface area (Å²) in [6, 6.07) is 7.49. The Morgan fingerprint density at radius 3 is 2.94 bits per heavy atom. The zero-order chi connectivity index (χ0) is 10.7. The van der Waals surface area contributed by atoms with E-state index in [1.54, 1.807) is 12.1 Å². The van der Waals surface area contributed by atoms with Crippen LogP contribution >= 0.6 is 12.4 Å². The molecule has 1 fully saturated rings. The van der Waals surface area contributed by atoms with Crippen LogP contribution < -0.4 is 5.32 Å². The van der Waals surface area contributed by atoms with Crippen molar-refractivity contribution in [3.63, 3.8) is 0 Å². The summed E-state index contributed by atoms with van der Waals surface area (Å²) in [6.45, 7) is 3.02. The molecule has 1 aromatic carbocycles. The van der Waals surface area contributed by atoms with E-state index in [9.17, 15) is 4.39 Å². The van der Waals surface area contributed by atoms with Gasteiger partial charge in [0.1, 0.15) is 5.82 Å². The van der Waals surface area contributed by atoms with Gasteiger partial charge >= 0.3 is 0 Å². The van der Waals surface area contributed by atoms with Gasteiger partial charge in [-0.15, -0.1) is 12.4 Å². The fourth-order valence-corrected chi connectivity index (χ4v) is 2.08. The normalized spacial score (nSPS) is 22.6. The van der Waals surface area contributed by atoms with Gasteiger partial charge in [-0.1, -0.05) is 25.5 Å². The second-order valence-corrected chi connectivity index (χ2v) is 4.40. The first-order valence-corrected chi connectivity index (χ1v) is 5.77. The lowest BCUT2D eigenvalue weighted by atomic mass is 10.2. The third kappa shape index (κ3) is 3.76. The summed E-state index contributed by atoms with van der Waals surface area (Å²) in [5.41, 5.74) is 1.04. The molecule has 1 aliphatic carbocycles. The van der Waals surface area contributed by atoms with Crippen molar-refractivity contribution in [2.45, 2.75) is 38.8 Å². The molecule has 0 amide bonds. The van der Waals surface area contributed by atoms with Gasteiger partial charge in [0.25, 0.3) is 0 Å². The lowest BCUT2D eigenvalue weighted by Crippen LogP contribution is -2.17. The highest BCUT2D eigenvalue weighted by Crippen LogP contribution is 2.34. The van der Waals surface area contributed by atoms with Crippen LogP contribution in [0.15, 0.2) is 24.3 Å². The third-order valence-corrected chi connectivity index (χ3v) is 3.04. The zero-order valence-electron chi connectivity index (χ0n) is 9.58. The van der Waals surface area contributed by atoms with Crippen LogP contribution in [0.1, 0.15) is 31.7 Å².